The number of likely N-dealkylation sites (tertiary alicyclic amines) is 1. The van der Waals surface area contributed by atoms with Crippen LogP contribution in [-0.2, 0) is 26.1 Å². The number of piperidine rings is 1. The van der Waals surface area contributed by atoms with Gasteiger partial charge in [0.1, 0.15) is 0 Å². The molecule has 1 fully saturated rings. The fourth-order valence-corrected chi connectivity index (χ4v) is 5.83. The first-order valence-corrected chi connectivity index (χ1v) is 14.8. The topological polar surface area (TPSA) is 87.2 Å². The fraction of sp³-hybridized carbons (Fsp3) is 0.393. The first kappa shape index (κ1) is 29.0. The molecule has 3 aromatic rings. The zero-order valence-electron chi connectivity index (χ0n) is 21.5. The van der Waals surface area contributed by atoms with Crippen LogP contribution >= 0.6 is 11.3 Å². The summed E-state index contributed by atoms with van der Waals surface area (Å²) in [6, 6.07) is 21.8. The number of rotatable bonds is 9. The van der Waals surface area contributed by atoms with Crippen molar-refractivity contribution in [2.75, 3.05) is 38.3 Å². The van der Waals surface area contributed by atoms with E-state index >= 15 is 0 Å². The summed E-state index contributed by atoms with van der Waals surface area (Å²) in [5, 5.41) is 2.14. The van der Waals surface area contributed by atoms with Crippen molar-refractivity contribution in [3.8, 4) is 0 Å². The van der Waals surface area contributed by atoms with Crippen LogP contribution in [0.1, 0.15) is 31.1 Å². The smallest absolute Gasteiger partial charge is 0.294 e. The number of ether oxygens (including phenoxy) is 1. The lowest BCUT2D eigenvalue weighted by atomic mass is 9.85. The van der Waals surface area contributed by atoms with Crippen molar-refractivity contribution in [3.05, 3.63) is 83.1 Å². The molecule has 9 heteroatoms. The van der Waals surface area contributed by atoms with Crippen LogP contribution in [0.25, 0.3) is 0 Å². The number of carbonyl (C=O) groups is 1. The number of carbonyl (C=O) groups excluding carboxylic acids is 1. The molecule has 2 heterocycles. The third-order valence-electron chi connectivity index (χ3n) is 6.54. The predicted octanol–water partition coefficient (Wildman–Crippen LogP) is 5.15. The van der Waals surface area contributed by atoms with Gasteiger partial charge in [-0.25, -0.2) is 0 Å². The Labute approximate surface area is 224 Å². The minimum absolute atomic E-state index is 0.0741. The van der Waals surface area contributed by atoms with Crippen molar-refractivity contribution < 1.29 is 22.5 Å². The van der Waals surface area contributed by atoms with E-state index in [1.807, 2.05) is 53.5 Å². The maximum atomic E-state index is 12.9. The molecule has 0 atom stereocenters. The molecule has 0 bridgehead atoms. The molecular formula is C28H36N2O5S2. The maximum Gasteiger partial charge on any atom is 0.294 e. The van der Waals surface area contributed by atoms with E-state index in [9.17, 15) is 13.2 Å². The zero-order valence-corrected chi connectivity index (χ0v) is 23.1. The molecule has 200 valence electrons. The van der Waals surface area contributed by atoms with Crippen LogP contribution in [0.5, 0.6) is 0 Å². The summed E-state index contributed by atoms with van der Waals surface area (Å²) in [5.74, 6) is 0.172. The molecule has 37 heavy (non-hydrogen) atoms. The molecular weight excluding hydrogens is 508 g/mol. The third-order valence-corrected chi connectivity index (χ3v) is 8.34. The Bertz CT molecular complexity index is 1180. The van der Waals surface area contributed by atoms with Crippen molar-refractivity contribution in [2.24, 2.45) is 0 Å². The average Bonchev–Trinajstić information content (AvgIpc) is 3.43. The molecule has 0 saturated carbocycles. The van der Waals surface area contributed by atoms with Crippen LogP contribution in [-0.4, -0.2) is 62.7 Å². The van der Waals surface area contributed by atoms with Crippen molar-refractivity contribution in [1.82, 2.24) is 4.90 Å². The normalized spacial score (nSPS) is 15.4. The molecule has 0 spiro atoms. The standard InChI is InChI=1S/C22H30N2O2S.C6H6O3S/c1-3-21(25)24(19-8-5-4-6-9-19)22(18-26-2)12-15-23(16-13-22)14-11-20-10-7-17-27-20;7-10(8,9)6-4-2-1-3-5-6/h4-10,17H,3,11-16,18H2,1-2H3;1-5H,(H,7,8,9). The summed E-state index contributed by atoms with van der Waals surface area (Å²) in [6.45, 7) is 5.59. The van der Waals surface area contributed by atoms with E-state index < -0.39 is 10.1 Å². The van der Waals surface area contributed by atoms with Crippen LogP contribution in [0.2, 0.25) is 0 Å². The molecule has 1 amide bonds. The van der Waals surface area contributed by atoms with Gasteiger partial charge in [0, 0.05) is 43.7 Å². The second kappa shape index (κ2) is 13.8. The quantitative estimate of drug-likeness (QED) is 0.375. The maximum absolute atomic E-state index is 12.9. The van der Waals surface area contributed by atoms with E-state index in [0.717, 1.165) is 44.6 Å². The molecule has 7 nitrogen and oxygen atoms in total. The minimum atomic E-state index is -4.00. The van der Waals surface area contributed by atoms with E-state index in [4.69, 9.17) is 9.29 Å². The van der Waals surface area contributed by atoms with Crippen LogP contribution < -0.4 is 4.90 Å². The predicted molar refractivity (Wildman–Crippen MR) is 149 cm³/mol. The SMILES string of the molecule is CCC(=O)N(c1ccccc1)C1(COC)CCN(CCc2cccs2)CC1.O=S(=O)(O)c1ccccc1. The van der Waals surface area contributed by atoms with Crippen molar-refractivity contribution >= 4 is 33.0 Å². The number of methoxy groups -OCH3 is 1. The van der Waals surface area contributed by atoms with Gasteiger partial charge >= 0.3 is 0 Å². The summed E-state index contributed by atoms with van der Waals surface area (Å²) in [6.07, 6.45) is 3.48. The first-order chi connectivity index (χ1) is 17.8. The molecule has 1 N–H and O–H groups in total. The van der Waals surface area contributed by atoms with E-state index in [1.54, 1.807) is 25.3 Å². The highest BCUT2D eigenvalue weighted by Gasteiger charge is 2.42. The highest BCUT2D eigenvalue weighted by atomic mass is 32.2. The highest BCUT2D eigenvalue weighted by molar-refractivity contribution is 7.85. The van der Waals surface area contributed by atoms with E-state index in [1.165, 1.54) is 17.0 Å². The Hall–Kier alpha value is -2.56. The summed E-state index contributed by atoms with van der Waals surface area (Å²) < 4.78 is 34.9. The largest absolute Gasteiger partial charge is 0.382 e. The lowest BCUT2D eigenvalue weighted by Crippen LogP contribution is -2.60. The first-order valence-electron chi connectivity index (χ1n) is 12.4. The lowest BCUT2D eigenvalue weighted by Gasteiger charge is -2.48. The number of hydrogen-bond acceptors (Lipinski definition) is 6. The molecule has 0 unspecified atom stereocenters. The number of anilines is 1. The molecule has 0 radical (unpaired) electrons. The second-order valence-electron chi connectivity index (χ2n) is 9.03. The highest BCUT2D eigenvalue weighted by Crippen LogP contribution is 2.34. The number of nitrogens with zero attached hydrogens (tertiary/aromatic N) is 2. The number of thiophene rings is 1. The average molecular weight is 545 g/mol. The van der Waals surface area contributed by atoms with Gasteiger partial charge in [0.15, 0.2) is 0 Å². The third kappa shape index (κ3) is 8.21. The van der Waals surface area contributed by atoms with Gasteiger partial charge in [0.05, 0.1) is 17.0 Å². The van der Waals surface area contributed by atoms with Crippen LogP contribution in [0.3, 0.4) is 0 Å². The van der Waals surface area contributed by atoms with Crippen molar-refractivity contribution in [1.29, 1.82) is 0 Å². The summed E-state index contributed by atoms with van der Waals surface area (Å²) in [5.41, 5.74) is 0.719. The molecule has 4 rings (SSSR count). The Kier molecular flexibility index (Phi) is 10.8. The van der Waals surface area contributed by atoms with Gasteiger partial charge in [0.2, 0.25) is 5.91 Å². The molecule has 1 aromatic heterocycles. The summed E-state index contributed by atoms with van der Waals surface area (Å²) in [7, 11) is -2.26. The zero-order chi connectivity index (χ0) is 26.7. The molecule has 1 saturated heterocycles. The van der Waals surface area contributed by atoms with E-state index in [2.05, 4.69) is 22.4 Å². The van der Waals surface area contributed by atoms with Gasteiger partial charge in [-0.3, -0.25) is 9.35 Å². The van der Waals surface area contributed by atoms with Crippen LogP contribution in [0, 0.1) is 0 Å². The second-order valence-corrected chi connectivity index (χ2v) is 11.5. The Morgan fingerprint density at radius 2 is 1.65 bits per heavy atom. The van der Waals surface area contributed by atoms with Gasteiger partial charge in [-0.1, -0.05) is 49.4 Å². The minimum Gasteiger partial charge on any atom is -0.382 e. The van der Waals surface area contributed by atoms with Crippen LogP contribution in [0.15, 0.2) is 83.1 Å². The van der Waals surface area contributed by atoms with Gasteiger partial charge in [-0.15, -0.1) is 11.3 Å². The molecule has 1 aliphatic heterocycles. The Morgan fingerprint density at radius 1 is 1.03 bits per heavy atom. The van der Waals surface area contributed by atoms with E-state index in [-0.39, 0.29) is 16.3 Å². The lowest BCUT2D eigenvalue weighted by molar-refractivity contribution is -0.120. The summed E-state index contributed by atoms with van der Waals surface area (Å²) >= 11 is 1.83. The molecule has 1 aliphatic rings. The Morgan fingerprint density at radius 3 is 2.14 bits per heavy atom. The van der Waals surface area contributed by atoms with Gasteiger partial charge in [-0.2, -0.15) is 8.42 Å². The Balaban J connectivity index is 0.000000319. The monoisotopic (exact) mass is 544 g/mol. The van der Waals surface area contributed by atoms with E-state index in [0.29, 0.717) is 13.0 Å². The number of amides is 1. The number of hydrogen-bond donors (Lipinski definition) is 1. The van der Waals surface area contributed by atoms with Crippen molar-refractivity contribution in [3.63, 3.8) is 0 Å². The summed E-state index contributed by atoms with van der Waals surface area (Å²) in [4.78, 5) is 18.8. The number of para-hydroxylation sites is 1. The van der Waals surface area contributed by atoms with Gasteiger partial charge in [0.25, 0.3) is 10.1 Å². The molecule has 0 aliphatic carbocycles. The van der Waals surface area contributed by atoms with Gasteiger partial charge < -0.3 is 14.5 Å². The number of benzene rings is 2. The van der Waals surface area contributed by atoms with Crippen LogP contribution in [0.4, 0.5) is 5.69 Å². The fourth-order valence-electron chi connectivity index (χ4n) is 4.63. The molecule has 2 aromatic carbocycles. The van der Waals surface area contributed by atoms with Crippen molar-refractivity contribution in [2.45, 2.75) is 43.0 Å². The van der Waals surface area contributed by atoms with Gasteiger partial charge in [-0.05, 0) is 55.0 Å².